The van der Waals surface area contributed by atoms with Crippen molar-refractivity contribution < 1.29 is 14.4 Å². The molecule has 0 aliphatic carbocycles. The van der Waals surface area contributed by atoms with Crippen LogP contribution in [-0.4, -0.2) is 36.1 Å². The molecule has 3 aromatic rings. The molecule has 190 valence electrons. The number of para-hydroxylation sites is 1. The van der Waals surface area contributed by atoms with E-state index in [4.69, 9.17) is 4.99 Å². The summed E-state index contributed by atoms with van der Waals surface area (Å²) in [5.41, 5.74) is 3.66. The molecule has 0 radical (unpaired) electrons. The van der Waals surface area contributed by atoms with E-state index in [1.165, 1.54) is 4.90 Å². The predicted octanol–water partition coefficient (Wildman–Crippen LogP) is 5.33. The molecule has 0 fully saturated rings. The van der Waals surface area contributed by atoms with Crippen LogP contribution >= 0.6 is 0 Å². The maximum absolute atomic E-state index is 13.9. The van der Waals surface area contributed by atoms with Gasteiger partial charge in [0, 0.05) is 22.2 Å². The number of fused-ring (bicyclic) bond motifs is 1. The van der Waals surface area contributed by atoms with Gasteiger partial charge in [-0.2, -0.15) is 0 Å². The van der Waals surface area contributed by atoms with E-state index in [2.05, 4.69) is 10.6 Å². The molecule has 0 bridgehead atoms. The summed E-state index contributed by atoms with van der Waals surface area (Å²) >= 11 is 0. The maximum atomic E-state index is 13.9. The molecule has 2 N–H and O–H groups in total. The molecule has 0 saturated carbocycles. The van der Waals surface area contributed by atoms with Crippen molar-refractivity contribution in [1.82, 2.24) is 5.32 Å². The maximum Gasteiger partial charge on any atom is 0.321 e. The van der Waals surface area contributed by atoms with E-state index in [-0.39, 0.29) is 12.3 Å². The zero-order valence-electron chi connectivity index (χ0n) is 21.6. The Morgan fingerprint density at radius 2 is 1.68 bits per heavy atom. The molecular formula is C30H32N4O3. The van der Waals surface area contributed by atoms with Crippen LogP contribution in [0.25, 0.3) is 0 Å². The third kappa shape index (κ3) is 5.77. The highest BCUT2D eigenvalue weighted by molar-refractivity contribution is 6.21. The number of ketones is 1. The Bertz CT molecular complexity index is 1350. The molecule has 1 aliphatic heterocycles. The molecule has 37 heavy (non-hydrogen) atoms. The van der Waals surface area contributed by atoms with Gasteiger partial charge < -0.3 is 15.5 Å². The minimum Gasteiger partial charge on any atom is -0.308 e. The van der Waals surface area contributed by atoms with Crippen LogP contribution in [-0.2, 0) is 9.59 Å². The van der Waals surface area contributed by atoms with Crippen molar-refractivity contribution in [3.63, 3.8) is 0 Å². The second-order valence-electron chi connectivity index (χ2n) is 9.82. The molecule has 7 heteroatoms. The number of urea groups is 1. The molecule has 3 aromatic carbocycles. The fraction of sp³-hybridized carbons (Fsp3) is 0.267. The molecule has 4 rings (SSSR count). The number of carbonyl (C=O) groups is 3. The van der Waals surface area contributed by atoms with Crippen LogP contribution in [0, 0.1) is 12.3 Å². The van der Waals surface area contributed by atoms with Crippen LogP contribution in [0.4, 0.5) is 16.2 Å². The highest BCUT2D eigenvalue weighted by Crippen LogP contribution is 2.30. The summed E-state index contributed by atoms with van der Waals surface area (Å²) < 4.78 is 0. The van der Waals surface area contributed by atoms with Gasteiger partial charge in [0.2, 0.25) is 6.17 Å². The third-order valence-corrected chi connectivity index (χ3v) is 6.74. The van der Waals surface area contributed by atoms with Gasteiger partial charge in [0.15, 0.2) is 5.78 Å². The number of nitrogens with zero attached hydrogens (tertiary/aromatic N) is 2. The molecule has 3 amide bonds. The van der Waals surface area contributed by atoms with Gasteiger partial charge >= 0.3 is 6.03 Å². The summed E-state index contributed by atoms with van der Waals surface area (Å²) in [4.78, 5) is 46.3. The van der Waals surface area contributed by atoms with Gasteiger partial charge in [0.1, 0.15) is 0 Å². The van der Waals surface area contributed by atoms with Crippen LogP contribution in [0.15, 0.2) is 83.9 Å². The first-order valence-electron chi connectivity index (χ1n) is 12.4. The summed E-state index contributed by atoms with van der Waals surface area (Å²) in [6, 6.07) is 23.7. The highest BCUT2D eigenvalue weighted by Gasteiger charge is 2.36. The topological polar surface area (TPSA) is 90.9 Å². The zero-order chi connectivity index (χ0) is 26.6. The Hall–Kier alpha value is -4.26. The van der Waals surface area contributed by atoms with Crippen LogP contribution in [0.2, 0.25) is 0 Å². The average Bonchev–Trinajstić information content (AvgIpc) is 3.00. The van der Waals surface area contributed by atoms with Crippen molar-refractivity contribution in [3.8, 4) is 0 Å². The average molecular weight is 497 g/mol. The Morgan fingerprint density at radius 3 is 2.38 bits per heavy atom. The fourth-order valence-electron chi connectivity index (χ4n) is 4.08. The molecule has 7 nitrogen and oxygen atoms in total. The van der Waals surface area contributed by atoms with E-state index in [9.17, 15) is 14.4 Å². The Kier molecular flexibility index (Phi) is 7.53. The number of aliphatic imine (C=N–C) groups is 1. The van der Waals surface area contributed by atoms with Crippen molar-refractivity contribution >= 4 is 34.8 Å². The van der Waals surface area contributed by atoms with E-state index in [1.54, 1.807) is 6.07 Å². The smallest absolute Gasteiger partial charge is 0.308 e. The molecule has 1 heterocycles. The lowest BCUT2D eigenvalue weighted by molar-refractivity contribution is -0.128. The molecule has 0 unspecified atom stereocenters. The number of carbonyl (C=O) groups excluding carboxylic acids is 3. The minimum atomic E-state index is -1.23. The number of hydrogen-bond donors (Lipinski definition) is 2. The molecule has 0 aromatic heterocycles. The lowest BCUT2D eigenvalue weighted by Crippen LogP contribution is -2.51. The normalized spacial score (nSPS) is 15.4. The van der Waals surface area contributed by atoms with Crippen LogP contribution in [0.5, 0.6) is 0 Å². The number of anilines is 2. The van der Waals surface area contributed by atoms with Crippen molar-refractivity contribution in [2.24, 2.45) is 10.4 Å². The van der Waals surface area contributed by atoms with Crippen molar-refractivity contribution in [2.45, 2.75) is 40.3 Å². The Labute approximate surface area is 217 Å². The van der Waals surface area contributed by atoms with E-state index >= 15 is 0 Å². The summed E-state index contributed by atoms with van der Waals surface area (Å²) in [6.07, 6.45) is -0.591. The Morgan fingerprint density at radius 1 is 0.973 bits per heavy atom. The van der Waals surface area contributed by atoms with Crippen LogP contribution in [0.1, 0.15) is 43.9 Å². The summed E-state index contributed by atoms with van der Waals surface area (Å²) in [7, 11) is 0. The molecule has 0 spiro atoms. The fourth-order valence-corrected chi connectivity index (χ4v) is 4.08. The number of aryl methyl sites for hydroxylation is 1. The predicted molar refractivity (Wildman–Crippen MR) is 147 cm³/mol. The van der Waals surface area contributed by atoms with Crippen molar-refractivity contribution in [2.75, 3.05) is 16.8 Å². The van der Waals surface area contributed by atoms with Crippen LogP contribution in [0.3, 0.4) is 0 Å². The monoisotopic (exact) mass is 496 g/mol. The molecule has 1 aliphatic rings. The first kappa shape index (κ1) is 25.8. The summed E-state index contributed by atoms with van der Waals surface area (Å²) in [6.45, 7) is 7.51. The second kappa shape index (κ2) is 10.8. The molecule has 0 saturated heterocycles. The first-order valence-corrected chi connectivity index (χ1v) is 12.4. The van der Waals surface area contributed by atoms with Crippen LogP contribution < -0.4 is 15.5 Å². The SMILES string of the molecule is CCC(C)(C)C(=O)CN1C(=O)[C@H](NC(=O)Nc2cccc(C)c2)N=C(c2ccccc2)c2ccccc21. The van der Waals surface area contributed by atoms with Gasteiger partial charge in [-0.15, -0.1) is 0 Å². The number of benzodiazepines with no additional fused rings is 1. The first-order chi connectivity index (χ1) is 17.7. The lowest BCUT2D eigenvalue weighted by atomic mass is 9.85. The number of amides is 3. The van der Waals surface area contributed by atoms with Crippen molar-refractivity contribution in [3.05, 3.63) is 95.6 Å². The van der Waals surface area contributed by atoms with Gasteiger partial charge in [0.25, 0.3) is 5.91 Å². The van der Waals surface area contributed by atoms with Crippen molar-refractivity contribution in [1.29, 1.82) is 0 Å². The second-order valence-corrected chi connectivity index (χ2v) is 9.82. The van der Waals surface area contributed by atoms with Gasteiger partial charge in [-0.05, 0) is 37.1 Å². The standard InChI is InChI=1S/C30H32N4O3/c1-5-30(3,4)25(35)19-34-24-17-10-9-16-23(24)26(21-13-7-6-8-14-21)32-27(28(34)36)33-29(37)31-22-15-11-12-20(2)18-22/h6-18,27H,5,19H2,1-4H3,(H2,31,33,37)/t27-/m0/s1. The molecular weight excluding hydrogens is 464 g/mol. The van der Waals surface area contributed by atoms with E-state index < -0.39 is 23.5 Å². The number of hydrogen-bond acceptors (Lipinski definition) is 4. The number of Topliss-reactive ketones (excluding diaryl/α,β-unsaturated/α-hetero) is 1. The van der Waals surface area contributed by atoms with Gasteiger partial charge in [0.05, 0.1) is 17.9 Å². The highest BCUT2D eigenvalue weighted by atomic mass is 16.2. The quantitative estimate of drug-likeness (QED) is 0.463. The number of nitrogens with one attached hydrogen (secondary N) is 2. The minimum absolute atomic E-state index is 0.0655. The van der Waals surface area contributed by atoms with Gasteiger partial charge in [-0.3, -0.25) is 9.59 Å². The zero-order valence-corrected chi connectivity index (χ0v) is 21.6. The van der Waals surface area contributed by atoms with E-state index in [0.29, 0.717) is 29.1 Å². The largest absolute Gasteiger partial charge is 0.321 e. The third-order valence-electron chi connectivity index (χ3n) is 6.74. The van der Waals surface area contributed by atoms with Gasteiger partial charge in [-0.1, -0.05) is 81.4 Å². The van der Waals surface area contributed by atoms with E-state index in [1.807, 2.05) is 100 Å². The number of benzene rings is 3. The van der Waals surface area contributed by atoms with Gasteiger partial charge in [-0.25, -0.2) is 9.79 Å². The summed E-state index contributed by atoms with van der Waals surface area (Å²) in [5, 5.41) is 5.51. The number of rotatable bonds is 7. The summed E-state index contributed by atoms with van der Waals surface area (Å²) in [5.74, 6) is -0.540. The lowest BCUT2D eigenvalue weighted by Gasteiger charge is -2.29. The molecule has 1 atom stereocenters. The Balaban J connectivity index is 1.75. The van der Waals surface area contributed by atoms with E-state index in [0.717, 1.165) is 11.1 Å².